The number of halogens is 1. The molecule has 2 amide bonds. The summed E-state index contributed by atoms with van der Waals surface area (Å²) in [5.41, 5.74) is 1.21. The highest BCUT2D eigenvalue weighted by Crippen LogP contribution is 2.52. The van der Waals surface area contributed by atoms with Gasteiger partial charge in [-0.15, -0.1) is 6.42 Å². The molecule has 6 nitrogen and oxygen atoms in total. The molecule has 2 aliphatic heterocycles. The highest BCUT2D eigenvalue weighted by atomic mass is 19.1. The molecular weight excluding hydrogens is 371 g/mol. The molecule has 1 aromatic heterocycles. The van der Waals surface area contributed by atoms with Crippen LogP contribution in [0.25, 0.3) is 5.69 Å². The zero-order chi connectivity index (χ0) is 20.2. The van der Waals surface area contributed by atoms with E-state index in [0.717, 1.165) is 5.56 Å². The van der Waals surface area contributed by atoms with Gasteiger partial charge in [-0.25, -0.2) is 9.07 Å². The second kappa shape index (κ2) is 6.04. The number of amides is 2. The van der Waals surface area contributed by atoms with Gasteiger partial charge in [-0.3, -0.25) is 14.5 Å². The van der Waals surface area contributed by atoms with E-state index in [-0.39, 0.29) is 24.8 Å². The van der Waals surface area contributed by atoms with Gasteiger partial charge in [0.1, 0.15) is 17.1 Å². The first kappa shape index (κ1) is 17.2. The average Bonchev–Trinajstić information content (AvgIpc) is 3.23. The number of aromatic nitrogens is 2. The lowest BCUT2D eigenvalue weighted by molar-refractivity contribution is -0.126. The number of benzene rings is 2. The minimum Gasteiger partial charge on any atom is -0.310 e. The van der Waals surface area contributed by atoms with E-state index < -0.39 is 11.2 Å². The van der Waals surface area contributed by atoms with Crippen molar-refractivity contribution in [2.24, 2.45) is 0 Å². The third-order valence-electron chi connectivity index (χ3n) is 5.48. The van der Waals surface area contributed by atoms with Crippen LogP contribution in [-0.4, -0.2) is 28.1 Å². The Morgan fingerprint density at radius 2 is 2.00 bits per heavy atom. The van der Waals surface area contributed by atoms with E-state index in [9.17, 15) is 14.0 Å². The Kier molecular flexibility index (Phi) is 3.58. The minimum absolute atomic E-state index is 0.0498. The Morgan fingerprint density at radius 3 is 2.79 bits per heavy atom. The predicted octanol–water partition coefficient (Wildman–Crippen LogP) is 2.62. The molecule has 0 saturated carbocycles. The monoisotopic (exact) mass is 386 g/mol. The van der Waals surface area contributed by atoms with E-state index >= 15 is 0 Å². The van der Waals surface area contributed by atoms with Crippen molar-refractivity contribution in [2.45, 2.75) is 11.8 Å². The fourth-order valence-electron chi connectivity index (χ4n) is 4.30. The molecule has 0 unspecified atom stereocenters. The zero-order valence-electron chi connectivity index (χ0n) is 15.2. The topological polar surface area (TPSA) is 67.2 Å². The minimum atomic E-state index is -1.21. The van der Waals surface area contributed by atoms with Crippen molar-refractivity contribution >= 4 is 23.3 Å². The summed E-state index contributed by atoms with van der Waals surface area (Å²) in [6, 6.07) is 13.2. The van der Waals surface area contributed by atoms with E-state index in [2.05, 4.69) is 16.3 Å². The van der Waals surface area contributed by atoms with E-state index in [4.69, 9.17) is 6.42 Å². The van der Waals surface area contributed by atoms with E-state index in [1.54, 1.807) is 18.3 Å². The van der Waals surface area contributed by atoms with Crippen LogP contribution in [0.4, 0.5) is 15.9 Å². The van der Waals surface area contributed by atoms with Crippen LogP contribution in [0.3, 0.4) is 0 Å². The molecule has 5 rings (SSSR count). The number of hydrogen-bond acceptors (Lipinski definition) is 3. The van der Waals surface area contributed by atoms with Crippen LogP contribution >= 0.6 is 0 Å². The summed E-state index contributed by atoms with van der Waals surface area (Å²) < 4.78 is 15.2. The molecule has 2 aliphatic rings. The van der Waals surface area contributed by atoms with Crippen molar-refractivity contribution in [1.82, 2.24) is 9.78 Å². The fourth-order valence-corrected chi connectivity index (χ4v) is 4.30. The lowest BCUT2D eigenvalue weighted by atomic mass is 9.72. The molecule has 1 atom stereocenters. The molecule has 0 aliphatic carbocycles. The van der Waals surface area contributed by atoms with Crippen molar-refractivity contribution in [3.63, 3.8) is 0 Å². The van der Waals surface area contributed by atoms with Crippen LogP contribution in [0, 0.1) is 18.2 Å². The lowest BCUT2D eigenvalue weighted by Crippen LogP contribution is -2.46. The molecule has 0 radical (unpaired) electrons. The second-order valence-electron chi connectivity index (χ2n) is 7.04. The molecule has 7 heteroatoms. The Hall–Kier alpha value is -3.92. The van der Waals surface area contributed by atoms with Crippen molar-refractivity contribution in [3.05, 3.63) is 71.7 Å². The maximum absolute atomic E-state index is 13.7. The summed E-state index contributed by atoms with van der Waals surface area (Å²) in [6.45, 7) is 0.104. The molecule has 0 bridgehead atoms. The molecule has 29 heavy (non-hydrogen) atoms. The lowest BCUT2D eigenvalue weighted by Gasteiger charge is -2.32. The van der Waals surface area contributed by atoms with Gasteiger partial charge in [0.25, 0.3) is 0 Å². The third-order valence-corrected chi connectivity index (χ3v) is 5.48. The first-order chi connectivity index (χ1) is 14.1. The van der Waals surface area contributed by atoms with Crippen molar-refractivity contribution in [2.75, 3.05) is 16.8 Å². The molecule has 1 spiro atoms. The van der Waals surface area contributed by atoms with Gasteiger partial charge in [-0.2, -0.15) is 5.10 Å². The van der Waals surface area contributed by atoms with Gasteiger partial charge >= 0.3 is 0 Å². The molecule has 3 heterocycles. The SMILES string of the molecule is C#CCN1C(=O)[C@@]2(CC(=O)Nc3c2cnn3-c2cccc(F)c2)c2ccccc21. The molecule has 0 fully saturated rings. The molecule has 142 valence electrons. The van der Waals surface area contributed by atoms with Gasteiger partial charge in [0.2, 0.25) is 11.8 Å². The van der Waals surface area contributed by atoms with Gasteiger partial charge in [0, 0.05) is 17.7 Å². The summed E-state index contributed by atoms with van der Waals surface area (Å²) in [6.07, 6.45) is 7.00. The number of nitrogens with zero attached hydrogens (tertiary/aromatic N) is 3. The Bertz CT molecular complexity index is 1230. The summed E-state index contributed by atoms with van der Waals surface area (Å²) in [4.78, 5) is 27.8. The normalized spacial score (nSPS) is 19.7. The number of nitrogens with one attached hydrogen (secondary N) is 1. The largest absolute Gasteiger partial charge is 0.310 e. The number of fused-ring (bicyclic) bond motifs is 4. The van der Waals surface area contributed by atoms with Crippen molar-refractivity contribution in [3.8, 4) is 18.0 Å². The molecule has 3 aromatic rings. The Morgan fingerprint density at radius 1 is 1.17 bits per heavy atom. The van der Waals surface area contributed by atoms with Gasteiger partial charge in [0.05, 0.1) is 18.4 Å². The van der Waals surface area contributed by atoms with Crippen molar-refractivity contribution in [1.29, 1.82) is 0 Å². The van der Waals surface area contributed by atoms with Crippen LogP contribution in [0.15, 0.2) is 54.7 Å². The van der Waals surface area contributed by atoms with E-state index in [1.165, 1.54) is 21.7 Å². The van der Waals surface area contributed by atoms with Crippen LogP contribution in [0.5, 0.6) is 0 Å². The average molecular weight is 386 g/mol. The first-order valence-electron chi connectivity index (χ1n) is 9.05. The maximum atomic E-state index is 13.7. The number of rotatable bonds is 2. The molecule has 1 N–H and O–H groups in total. The summed E-state index contributed by atoms with van der Waals surface area (Å²) in [5.74, 6) is 1.88. The van der Waals surface area contributed by atoms with Crippen LogP contribution < -0.4 is 10.2 Å². The Balaban J connectivity index is 1.77. The van der Waals surface area contributed by atoms with Crippen molar-refractivity contribution < 1.29 is 14.0 Å². The number of para-hydroxylation sites is 1. The number of anilines is 2. The van der Waals surface area contributed by atoms with Gasteiger partial charge in [0.15, 0.2) is 0 Å². The first-order valence-corrected chi connectivity index (χ1v) is 9.05. The van der Waals surface area contributed by atoms with Crippen LogP contribution in [-0.2, 0) is 15.0 Å². The molecule has 0 saturated heterocycles. The number of carbonyl (C=O) groups excluding carboxylic acids is 2. The Labute approximate surface area is 165 Å². The number of carbonyl (C=O) groups is 2. The van der Waals surface area contributed by atoms with E-state index in [1.807, 2.05) is 24.3 Å². The van der Waals surface area contributed by atoms with Gasteiger partial charge in [-0.1, -0.05) is 30.2 Å². The second-order valence-corrected chi connectivity index (χ2v) is 7.04. The fraction of sp³-hybridized carbons (Fsp3) is 0.136. The molecular formula is C22H15FN4O2. The summed E-state index contributed by atoms with van der Waals surface area (Å²) in [7, 11) is 0. The van der Waals surface area contributed by atoms with E-state index in [0.29, 0.717) is 22.8 Å². The predicted molar refractivity (Wildman–Crippen MR) is 105 cm³/mol. The standard InChI is InChI=1S/C22H15FN4O2/c1-2-10-26-18-9-4-3-8-16(18)22(21(26)29)12-19(28)25-20-17(22)13-24-27(20)15-7-5-6-14(23)11-15/h1,3-9,11,13H,10,12H2,(H,25,28)/t22-/m0/s1. The summed E-state index contributed by atoms with van der Waals surface area (Å²) in [5, 5.41) is 7.17. The smallest absolute Gasteiger partial charge is 0.243 e. The van der Waals surface area contributed by atoms with Gasteiger partial charge in [-0.05, 0) is 29.8 Å². The van der Waals surface area contributed by atoms with Crippen LogP contribution in [0.2, 0.25) is 0 Å². The third kappa shape index (κ3) is 2.26. The van der Waals surface area contributed by atoms with Crippen LogP contribution in [0.1, 0.15) is 17.5 Å². The highest BCUT2D eigenvalue weighted by molar-refractivity contribution is 6.16. The summed E-state index contributed by atoms with van der Waals surface area (Å²) >= 11 is 0. The number of terminal acetylenes is 1. The molecule has 2 aromatic carbocycles. The zero-order valence-corrected chi connectivity index (χ0v) is 15.2. The van der Waals surface area contributed by atoms with Gasteiger partial charge < -0.3 is 5.32 Å². The number of hydrogen-bond donors (Lipinski definition) is 1. The quantitative estimate of drug-likeness (QED) is 0.689. The maximum Gasteiger partial charge on any atom is 0.243 e. The highest BCUT2D eigenvalue weighted by Gasteiger charge is 2.56.